The van der Waals surface area contributed by atoms with E-state index in [1.807, 2.05) is 0 Å². The Hall–Kier alpha value is -2.97. The van der Waals surface area contributed by atoms with E-state index in [0.29, 0.717) is 36.4 Å². The first-order valence-corrected chi connectivity index (χ1v) is 8.74. The molecule has 3 aromatic rings. The average molecular weight is 392 g/mol. The number of nitrogens with zero attached hydrogens (tertiary/aromatic N) is 4. The molecular formula is C19H16F4N4O. The zero-order valence-electron chi connectivity index (χ0n) is 14.9. The Kier molecular flexibility index (Phi) is 4.32. The lowest BCUT2D eigenvalue weighted by Gasteiger charge is -2.28. The highest BCUT2D eigenvalue weighted by molar-refractivity contribution is 5.99. The highest BCUT2D eigenvalue weighted by Gasteiger charge is 2.38. The van der Waals surface area contributed by atoms with Gasteiger partial charge in [0, 0.05) is 12.7 Å². The number of hydrogen-bond acceptors (Lipinski definition) is 4. The number of rotatable bonds is 3. The maximum Gasteiger partial charge on any atom is 0.416 e. The molecule has 0 N–H and O–H groups in total. The zero-order valence-corrected chi connectivity index (χ0v) is 14.9. The van der Waals surface area contributed by atoms with Crippen LogP contribution in [0, 0.1) is 5.82 Å². The highest BCUT2D eigenvalue weighted by Crippen LogP contribution is 2.42. The van der Waals surface area contributed by atoms with Crippen LogP contribution in [0.3, 0.4) is 0 Å². The average Bonchev–Trinajstić information content (AvgIpc) is 3.27. The molecule has 3 heterocycles. The van der Waals surface area contributed by atoms with Crippen LogP contribution in [0.1, 0.15) is 47.3 Å². The Balaban J connectivity index is 1.80. The molecule has 2 aromatic heterocycles. The Bertz CT molecular complexity index is 1060. The van der Waals surface area contributed by atoms with Crippen molar-refractivity contribution in [1.82, 2.24) is 14.6 Å². The molecule has 0 aliphatic carbocycles. The van der Waals surface area contributed by atoms with Gasteiger partial charge in [0.05, 0.1) is 23.4 Å². The van der Waals surface area contributed by atoms with E-state index >= 15 is 0 Å². The molecule has 0 spiro atoms. The van der Waals surface area contributed by atoms with Crippen molar-refractivity contribution in [3.8, 4) is 0 Å². The second-order valence-electron chi connectivity index (χ2n) is 6.75. The van der Waals surface area contributed by atoms with Crippen LogP contribution < -0.4 is 4.90 Å². The third kappa shape index (κ3) is 3.10. The molecule has 1 aliphatic heterocycles. The maximum atomic E-state index is 13.8. The minimum atomic E-state index is -4.58. The fourth-order valence-electron chi connectivity index (χ4n) is 3.70. The van der Waals surface area contributed by atoms with Gasteiger partial charge in [0.25, 0.3) is 0 Å². The molecule has 9 heteroatoms. The SMILES string of the molecule is CC(=O)c1cnn2ccc(N3CCC[C@@H]3c3cc(F)ccc3C(F)(F)F)nc12. The van der Waals surface area contributed by atoms with E-state index in [4.69, 9.17) is 0 Å². The molecule has 0 saturated carbocycles. The third-order valence-electron chi connectivity index (χ3n) is 4.96. The normalized spacial score (nSPS) is 17.5. The molecule has 1 atom stereocenters. The predicted octanol–water partition coefficient (Wildman–Crippen LogP) is 4.43. The fraction of sp³-hybridized carbons (Fsp3) is 0.316. The quantitative estimate of drug-likeness (QED) is 0.489. The van der Waals surface area contributed by atoms with Crippen LogP contribution in [0.4, 0.5) is 23.4 Å². The van der Waals surface area contributed by atoms with Gasteiger partial charge in [-0.15, -0.1) is 0 Å². The summed E-state index contributed by atoms with van der Waals surface area (Å²) in [5.74, 6) is -0.495. The summed E-state index contributed by atoms with van der Waals surface area (Å²) in [6, 6.07) is 3.52. The van der Waals surface area contributed by atoms with Crippen LogP contribution in [0.25, 0.3) is 5.65 Å². The summed E-state index contributed by atoms with van der Waals surface area (Å²) in [5.41, 5.74) is -0.280. The van der Waals surface area contributed by atoms with Gasteiger partial charge in [-0.25, -0.2) is 13.9 Å². The van der Waals surface area contributed by atoms with E-state index in [1.165, 1.54) is 17.6 Å². The minimum absolute atomic E-state index is 0.105. The molecule has 0 amide bonds. The van der Waals surface area contributed by atoms with Crippen molar-refractivity contribution in [2.75, 3.05) is 11.4 Å². The van der Waals surface area contributed by atoms with Gasteiger partial charge in [-0.3, -0.25) is 4.79 Å². The van der Waals surface area contributed by atoms with Gasteiger partial charge in [-0.05, 0) is 49.6 Å². The molecule has 4 rings (SSSR count). The summed E-state index contributed by atoms with van der Waals surface area (Å²) in [6.45, 7) is 1.87. The van der Waals surface area contributed by atoms with E-state index in [0.717, 1.165) is 18.2 Å². The van der Waals surface area contributed by atoms with Gasteiger partial charge in [0.2, 0.25) is 0 Å². The summed E-state index contributed by atoms with van der Waals surface area (Å²) < 4.78 is 55.6. The van der Waals surface area contributed by atoms with E-state index in [-0.39, 0.29) is 11.3 Å². The topological polar surface area (TPSA) is 50.5 Å². The zero-order chi connectivity index (χ0) is 20.1. The van der Waals surface area contributed by atoms with Gasteiger partial charge in [-0.1, -0.05) is 0 Å². The van der Waals surface area contributed by atoms with Crippen molar-refractivity contribution in [1.29, 1.82) is 0 Å². The van der Waals surface area contributed by atoms with Crippen molar-refractivity contribution in [2.45, 2.75) is 32.0 Å². The molecule has 0 radical (unpaired) electrons. The number of halogens is 4. The highest BCUT2D eigenvalue weighted by atomic mass is 19.4. The third-order valence-corrected chi connectivity index (χ3v) is 4.96. The number of carbonyl (C=O) groups excluding carboxylic acids is 1. The summed E-state index contributed by atoms with van der Waals surface area (Å²) in [6.07, 6.45) is -0.482. The van der Waals surface area contributed by atoms with Crippen LogP contribution >= 0.6 is 0 Å². The van der Waals surface area contributed by atoms with Gasteiger partial charge in [0.15, 0.2) is 11.4 Å². The summed E-state index contributed by atoms with van der Waals surface area (Å²) >= 11 is 0. The van der Waals surface area contributed by atoms with E-state index in [1.54, 1.807) is 17.2 Å². The first-order valence-electron chi connectivity index (χ1n) is 8.74. The van der Waals surface area contributed by atoms with Crippen molar-refractivity contribution in [3.05, 3.63) is 59.2 Å². The second kappa shape index (κ2) is 6.57. The molecule has 0 unspecified atom stereocenters. The minimum Gasteiger partial charge on any atom is -0.349 e. The van der Waals surface area contributed by atoms with Crippen LogP contribution in [0.2, 0.25) is 0 Å². The van der Waals surface area contributed by atoms with Gasteiger partial charge < -0.3 is 4.90 Å². The number of Topliss-reactive ketones (excluding diaryl/α,β-unsaturated/α-hetero) is 1. The summed E-state index contributed by atoms with van der Waals surface area (Å²) in [7, 11) is 0. The van der Waals surface area contributed by atoms with Crippen LogP contribution in [0.15, 0.2) is 36.7 Å². The molecule has 0 bridgehead atoms. The molecule has 146 valence electrons. The predicted molar refractivity (Wildman–Crippen MR) is 93.7 cm³/mol. The lowest BCUT2D eigenvalue weighted by molar-refractivity contribution is -0.138. The molecule has 1 saturated heterocycles. The summed E-state index contributed by atoms with van der Waals surface area (Å²) in [4.78, 5) is 17.9. The lowest BCUT2D eigenvalue weighted by atomic mass is 9.97. The smallest absolute Gasteiger partial charge is 0.349 e. The van der Waals surface area contributed by atoms with Crippen LogP contribution in [0.5, 0.6) is 0 Å². The number of aromatic nitrogens is 3. The van der Waals surface area contributed by atoms with E-state index in [2.05, 4.69) is 10.1 Å². The van der Waals surface area contributed by atoms with Crippen molar-refractivity contribution in [2.24, 2.45) is 0 Å². The number of ketones is 1. The van der Waals surface area contributed by atoms with Crippen molar-refractivity contribution in [3.63, 3.8) is 0 Å². The lowest BCUT2D eigenvalue weighted by Crippen LogP contribution is -2.26. The number of hydrogen-bond donors (Lipinski definition) is 0. The Morgan fingerprint density at radius 1 is 1.25 bits per heavy atom. The van der Waals surface area contributed by atoms with Crippen molar-refractivity contribution < 1.29 is 22.4 Å². The van der Waals surface area contributed by atoms with Gasteiger partial charge in [-0.2, -0.15) is 18.3 Å². The van der Waals surface area contributed by atoms with Gasteiger partial charge >= 0.3 is 6.18 Å². The Morgan fingerprint density at radius 2 is 2.04 bits per heavy atom. The first kappa shape index (κ1) is 18.4. The number of fused-ring (bicyclic) bond motifs is 1. The van der Waals surface area contributed by atoms with Crippen LogP contribution in [-0.4, -0.2) is 26.9 Å². The molecule has 28 heavy (non-hydrogen) atoms. The van der Waals surface area contributed by atoms with Crippen molar-refractivity contribution >= 4 is 17.2 Å². The summed E-state index contributed by atoms with van der Waals surface area (Å²) in [5, 5.41) is 4.06. The second-order valence-corrected chi connectivity index (χ2v) is 6.75. The van der Waals surface area contributed by atoms with Gasteiger partial charge in [0.1, 0.15) is 11.6 Å². The monoisotopic (exact) mass is 392 g/mol. The first-order chi connectivity index (χ1) is 13.3. The number of benzene rings is 1. The number of alkyl halides is 3. The number of carbonyl (C=O) groups is 1. The van der Waals surface area contributed by atoms with E-state index in [9.17, 15) is 22.4 Å². The fourth-order valence-corrected chi connectivity index (χ4v) is 3.70. The molecule has 1 aromatic carbocycles. The largest absolute Gasteiger partial charge is 0.416 e. The maximum absolute atomic E-state index is 13.8. The molecule has 1 aliphatic rings. The van der Waals surface area contributed by atoms with E-state index < -0.39 is 23.6 Å². The molecule has 1 fully saturated rings. The molecule has 5 nitrogen and oxygen atoms in total. The standard InChI is InChI=1S/C19H16F4N4O/c1-11(28)14-10-24-27-8-6-17(25-18(14)27)26-7-2-3-16(26)13-9-12(20)4-5-15(13)19(21,22)23/h4-6,8-10,16H,2-3,7H2,1H3/t16-/m1/s1. The molecular weight excluding hydrogens is 376 g/mol. The Morgan fingerprint density at radius 3 is 2.75 bits per heavy atom. The Labute approximate surface area is 157 Å². The van der Waals surface area contributed by atoms with Crippen LogP contribution in [-0.2, 0) is 6.18 Å². The number of anilines is 1.